The molecule has 0 bridgehead atoms. The molecule has 1 atom stereocenters. The van der Waals surface area contributed by atoms with Gasteiger partial charge in [-0.3, -0.25) is 4.99 Å². The quantitative estimate of drug-likeness (QED) is 0.882. The minimum absolute atomic E-state index is 0.389. The fourth-order valence-corrected chi connectivity index (χ4v) is 4.33. The number of benzene rings is 1. The van der Waals surface area contributed by atoms with Crippen molar-refractivity contribution in [1.82, 2.24) is 5.32 Å². The van der Waals surface area contributed by atoms with Gasteiger partial charge in [0.05, 0.1) is 16.4 Å². The average molecular weight is 353 g/mol. The Bertz CT molecular complexity index is 580. The highest BCUT2D eigenvalue weighted by atomic mass is 79.9. The Kier molecular flexibility index (Phi) is 4.25. The second kappa shape index (κ2) is 6.11. The normalized spacial score (nSPS) is 20.7. The molecule has 1 aromatic carbocycles. The summed E-state index contributed by atoms with van der Waals surface area (Å²) in [7, 11) is 0. The van der Waals surface area contributed by atoms with Gasteiger partial charge in [-0.1, -0.05) is 42.1 Å². The zero-order chi connectivity index (χ0) is 13.1. The molecule has 1 aromatic heterocycles. The fraction of sp³-hybridized carbons (Fsp3) is 0.214. The van der Waals surface area contributed by atoms with Crippen LogP contribution in [-0.2, 0) is 6.54 Å². The van der Waals surface area contributed by atoms with Gasteiger partial charge in [-0.15, -0.1) is 11.3 Å². The number of rotatable bonds is 3. The molecule has 1 saturated heterocycles. The van der Waals surface area contributed by atoms with Crippen LogP contribution in [0.2, 0.25) is 0 Å². The Hall–Kier alpha value is -0.780. The molecule has 2 aromatic rings. The lowest BCUT2D eigenvalue weighted by atomic mass is 10.1. The monoisotopic (exact) mass is 352 g/mol. The molecule has 2 heterocycles. The van der Waals surface area contributed by atoms with Crippen LogP contribution in [-0.4, -0.2) is 10.9 Å². The summed E-state index contributed by atoms with van der Waals surface area (Å²) in [5, 5.41) is 4.54. The third kappa shape index (κ3) is 3.41. The molecular weight excluding hydrogens is 340 g/mol. The number of amidine groups is 1. The van der Waals surface area contributed by atoms with Gasteiger partial charge in [0, 0.05) is 10.6 Å². The largest absolute Gasteiger partial charge is 0.357 e. The summed E-state index contributed by atoms with van der Waals surface area (Å²) in [5.41, 5.74) is 1.33. The lowest BCUT2D eigenvalue weighted by Gasteiger charge is -2.09. The first-order chi connectivity index (χ1) is 9.31. The average Bonchev–Trinajstić information content (AvgIpc) is 3.06. The van der Waals surface area contributed by atoms with E-state index < -0.39 is 0 Å². The van der Waals surface area contributed by atoms with Crippen molar-refractivity contribution >= 4 is 44.2 Å². The molecule has 0 aliphatic carbocycles. The van der Waals surface area contributed by atoms with Gasteiger partial charge < -0.3 is 5.32 Å². The number of nitrogens with one attached hydrogen (secondary N) is 1. The number of aliphatic imine (C=N–C) groups is 1. The van der Waals surface area contributed by atoms with Gasteiger partial charge in [-0.2, -0.15) is 0 Å². The molecule has 1 unspecified atom stereocenters. The fourth-order valence-electron chi connectivity index (χ4n) is 1.94. The molecule has 19 heavy (non-hydrogen) atoms. The van der Waals surface area contributed by atoms with Crippen LogP contribution in [0, 0.1) is 0 Å². The Balaban J connectivity index is 1.62. The van der Waals surface area contributed by atoms with Crippen molar-refractivity contribution in [2.24, 2.45) is 4.99 Å². The molecule has 0 saturated carbocycles. The van der Waals surface area contributed by atoms with E-state index in [1.54, 1.807) is 23.1 Å². The molecule has 98 valence electrons. The highest BCUT2D eigenvalue weighted by molar-refractivity contribution is 9.11. The van der Waals surface area contributed by atoms with Gasteiger partial charge in [-0.05, 0) is 33.6 Å². The molecule has 1 fully saturated rings. The van der Waals surface area contributed by atoms with Crippen LogP contribution in [0.5, 0.6) is 0 Å². The topological polar surface area (TPSA) is 24.4 Å². The van der Waals surface area contributed by atoms with Crippen LogP contribution in [0.25, 0.3) is 0 Å². The maximum atomic E-state index is 4.64. The van der Waals surface area contributed by atoms with Gasteiger partial charge in [0.2, 0.25) is 0 Å². The smallest absolute Gasteiger partial charge is 0.157 e. The van der Waals surface area contributed by atoms with E-state index in [9.17, 15) is 0 Å². The van der Waals surface area contributed by atoms with Crippen molar-refractivity contribution in [3.8, 4) is 0 Å². The van der Waals surface area contributed by atoms with Crippen LogP contribution in [0.4, 0.5) is 0 Å². The van der Waals surface area contributed by atoms with Crippen molar-refractivity contribution < 1.29 is 0 Å². The Morgan fingerprint density at radius 2 is 2.05 bits per heavy atom. The van der Waals surface area contributed by atoms with E-state index in [4.69, 9.17) is 0 Å². The van der Waals surface area contributed by atoms with E-state index in [2.05, 4.69) is 68.7 Å². The zero-order valence-electron chi connectivity index (χ0n) is 10.2. The number of thioether (sulfide) groups is 1. The van der Waals surface area contributed by atoms with E-state index in [-0.39, 0.29) is 0 Å². The van der Waals surface area contributed by atoms with Gasteiger partial charge >= 0.3 is 0 Å². The predicted molar refractivity (Wildman–Crippen MR) is 87.9 cm³/mol. The summed E-state index contributed by atoms with van der Waals surface area (Å²) in [6.45, 7) is 0.757. The summed E-state index contributed by atoms with van der Waals surface area (Å²) in [4.78, 5) is 5.92. The summed E-state index contributed by atoms with van der Waals surface area (Å²) in [5.74, 6) is 1.05. The van der Waals surface area contributed by atoms with E-state index in [0.29, 0.717) is 6.04 Å². The third-order valence-corrected chi connectivity index (χ3v) is 5.52. The van der Waals surface area contributed by atoms with E-state index in [1.165, 1.54) is 10.4 Å². The minimum atomic E-state index is 0.389. The predicted octanol–water partition coefficient (Wildman–Crippen LogP) is 4.44. The summed E-state index contributed by atoms with van der Waals surface area (Å²) in [6, 6.07) is 15.1. The van der Waals surface area contributed by atoms with E-state index in [0.717, 1.165) is 21.3 Å². The van der Waals surface area contributed by atoms with E-state index in [1.807, 2.05) is 0 Å². The van der Waals surface area contributed by atoms with Crippen LogP contribution in [0.3, 0.4) is 0 Å². The highest BCUT2D eigenvalue weighted by Crippen LogP contribution is 2.27. The van der Waals surface area contributed by atoms with E-state index >= 15 is 0 Å². The molecule has 1 aliphatic heterocycles. The number of nitrogens with zero attached hydrogens (tertiary/aromatic N) is 1. The molecule has 0 spiro atoms. The summed E-state index contributed by atoms with van der Waals surface area (Å²) in [6.07, 6.45) is 0. The number of halogens is 1. The maximum absolute atomic E-state index is 4.64. The van der Waals surface area contributed by atoms with Gasteiger partial charge in [0.25, 0.3) is 0 Å². The lowest BCUT2D eigenvalue weighted by molar-refractivity contribution is 0.749. The van der Waals surface area contributed by atoms with Crippen molar-refractivity contribution in [3.63, 3.8) is 0 Å². The van der Waals surface area contributed by atoms with Crippen LogP contribution in [0.1, 0.15) is 16.5 Å². The molecule has 1 aliphatic rings. The van der Waals surface area contributed by atoms with Gasteiger partial charge in [0.1, 0.15) is 0 Å². The first-order valence-corrected chi connectivity index (χ1v) is 8.64. The van der Waals surface area contributed by atoms with Crippen molar-refractivity contribution in [1.29, 1.82) is 0 Å². The first kappa shape index (κ1) is 13.2. The third-order valence-electron chi connectivity index (χ3n) is 2.89. The van der Waals surface area contributed by atoms with Crippen molar-refractivity contribution in [2.45, 2.75) is 12.6 Å². The first-order valence-electron chi connectivity index (χ1n) is 6.04. The molecule has 2 nitrogen and oxygen atoms in total. The van der Waals surface area contributed by atoms with Crippen LogP contribution < -0.4 is 5.32 Å². The second-order valence-electron chi connectivity index (χ2n) is 4.25. The zero-order valence-corrected chi connectivity index (χ0v) is 13.4. The van der Waals surface area contributed by atoms with Crippen LogP contribution >= 0.6 is 39.0 Å². The van der Waals surface area contributed by atoms with Gasteiger partial charge in [0.15, 0.2) is 5.17 Å². The summed E-state index contributed by atoms with van der Waals surface area (Å²) < 4.78 is 1.16. The van der Waals surface area contributed by atoms with Crippen molar-refractivity contribution in [2.75, 3.05) is 5.75 Å². The molecular formula is C14H13BrN2S2. The molecule has 5 heteroatoms. The van der Waals surface area contributed by atoms with Crippen LogP contribution in [0.15, 0.2) is 51.2 Å². The molecule has 0 radical (unpaired) electrons. The molecule has 0 amide bonds. The maximum Gasteiger partial charge on any atom is 0.157 e. The molecule has 3 rings (SSSR count). The number of thiophene rings is 1. The van der Waals surface area contributed by atoms with Crippen molar-refractivity contribution in [3.05, 3.63) is 56.7 Å². The SMILES string of the molecule is Brc1ccc(CN=C2NC(c3ccccc3)CS2)s1. The minimum Gasteiger partial charge on any atom is -0.357 e. The van der Waals surface area contributed by atoms with Gasteiger partial charge in [-0.25, -0.2) is 0 Å². The number of hydrogen-bond donors (Lipinski definition) is 1. The second-order valence-corrected chi connectivity index (χ2v) is 7.80. The lowest BCUT2D eigenvalue weighted by Crippen LogP contribution is -2.19. The molecule has 1 N–H and O–H groups in total. The standard InChI is InChI=1S/C14H13BrN2S2/c15-13-7-6-11(19-13)8-16-14-17-12(9-18-14)10-4-2-1-3-5-10/h1-7,12H,8-9H2,(H,16,17). The Morgan fingerprint density at radius 3 is 2.79 bits per heavy atom. The number of hydrogen-bond acceptors (Lipinski definition) is 3. The summed E-state index contributed by atoms with van der Waals surface area (Å²) >= 11 is 7.02. The Labute approximate surface area is 129 Å². The Morgan fingerprint density at radius 1 is 1.21 bits per heavy atom. The highest BCUT2D eigenvalue weighted by Gasteiger charge is 2.21.